The second-order valence-corrected chi connectivity index (χ2v) is 3.32. The standard InChI is InChI=1S/C8H9FNP/c9-5-3-7-6(1-2-10-7)8(11)4-5/h3-4,10H,1-2,11H2. The first-order chi connectivity index (χ1) is 5.27. The van der Waals surface area contributed by atoms with Crippen LogP contribution in [-0.4, -0.2) is 6.54 Å². The van der Waals surface area contributed by atoms with Crippen molar-refractivity contribution in [2.45, 2.75) is 6.42 Å². The number of halogens is 1. The van der Waals surface area contributed by atoms with E-state index in [1.165, 1.54) is 5.56 Å². The molecule has 3 heteroatoms. The van der Waals surface area contributed by atoms with Crippen LogP contribution in [0.5, 0.6) is 0 Å². The smallest absolute Gasteiger partial charge is 0.125 e. The van der Waals surface area contributed by atoms with Crippen LogP contribution in [0.15, 0.2) is 12.1 Å². The summed E-state index contributed by atoms with van der Waals surface area (Å²) in [5.74, 6) is -0.164. The summed E-state index contributed by atoms with van der Waals surface area (Å²) in [5, 5.41) is 4.11. The summed E-state index contributed by atoms with van der Waals surface area (Å²) < 4.78 is 12.8. The van der Waals surface area contributed by atoms with Crippen molar-refractivity contribution in [3.8, 4) is 0 Å². The monoisotopic (exact) mass is 169 g/mol. The fraction of sp³-hybridized carbons (Fsp3) is 0.250. The zero-order valence-electron chi connectivity index (χ0n) is 6.02. The van der Waals surface area contributed by atoms with E-state index in [1.807, 2.05) is 0 Å². The van der Waals surface area contributed by atoms with Gasteiger partial charge < -0.3 is 5.32 Å². The van der Waals surface area contributed by atoms with E-state index in [-0.39, 0.29) is 5.82 Å². The highest BCUT2D eigenvalue weighted by atomic mass is 31.0. The van der Waals surface area contributed by atoms with Crippen molar-refractivity contribution < 1.29 is 4.39 Å². The highest BCUT2D eigenvalue weighted by Crippen LogP contribution is 2.22. The molecule has 0 saturated carbocycles. The van der Waals surface area contributed by atoms with Gasteiger partial charge in [0, 0.05) is 12.2 Å². The molecule has 1 N–H and O–H groups in total. The van der Waals surface area contributed by atoms with Gasteiger partial charge in [0.25, 0.3) is 0 Å². The number of hydrogen-bond donors (Lipinski definition) is 1. The van der Waals surface area contributed by atoms with Gasteiger partial charge in [-0.15, -0.1) is 9.24 Å². The van der Waals surface area contributed by atoms with Crippen LogP contribution in [0.1, 0.15) is 5.56 Å². The molecule has 1 unspecified atom stereocenters. The molecule has 0 amide bonds. The molecule has 0 radical (unpaired) electrons. The second-order valence-electron chi connectivity index (χ2n) is 2.70. The van der Waals surface area contributed by atoms with Gasteiger partial charge in [0.2, 0.25) is 0 Å². The van der Waals surface area contributed by atoms with Crippen molar-refractivity contribution in [2.75, 3.05) is 11.9 Å². The van der Waals surface area contributed by atoms with Crippen molar-refractivity contribution in [3.63, 3.8) is 0 Å². The Morgan fingerprint density at radius 1 is 1.45 bits per heavy atom. The number of hydrogen-bond acceptors (Lipinski definition) is 1. The van der Waals surface area contributed by atoms with E-state index in [1.54, 1.807) is 12.1 Å². The van der Waals surface area contributed by atoms with Crippen molar-refractivity contribution in [3.05, 3.63) is 23.5 Å². The first kappa shape index (κ1) is 7.05. The van der Waals surface area contributed by atoms with Gasteiger partial charge in [-0.05, 0) is 29.4 Å². The van der Waals surface area contributed by atoms with E-state index < -0.39 is 0 Å². The summed E-state index contributed by atoms with van der Waals surface area (Å²) in [5.41, 5.74) is 2.19. The molecule has 1 nitrogen and oxygen atoms in total. The lowest BCUT2D eigenvalue weighted by molar-refractivity contribution is 0.629. The Bertz CT molecular complexity index is 298. The van der Waals surface area contributed by atoms with E-state index in [4.69, 9.17) is 0 Å². The topological polar surface area (TPSA) is 12.0 Å². The minimum Gasteiger partial charge on any atom is -0.384 e. The van der Waals surface area contributed by atoms with Crippen LogP contribution in [0.2, 0.25) is 0 Å². The van der Waals surface area contributed by atoms with Crippen LogP contribution in [-0.2, 0) is 6.42 Å². The fourth-order valence-electron chi connectivity index (χ4n) is 1.42. The van der Waals surface area contributed by atoms with Gasteiger partial charge in [-0.3, -0.25) is 0 Å². The van der Waals surface area contributed by atoms with Crippen LogP contribution < -0.4 is 10.6 Å². The molecule has 0 aliphatic carbocycles. The zero-order valence-corrected chi connectivity index (χ0v) is 7.18. The minimum absolute atomic E-state index is 0.164. The average Bonchev–Trinajstić information content (AvgIpc) is 2.34. The van der Waals surface area contributed by atoms with Gasteiger partial charge in [0.15, 0.2) is 0 Å². The molecule has 1 aliphatic rings. The molecule has 0 spiro atoms. The van der Waals surface area contributed by atoms with Crippen LogP contribution in [0, 0.1) is 5.82 Å². The summed E-state index contributed by atoms with van der Waals surface area (Å²) in [4.78, 5) is 0. The normalized spacial score (nSPS) is 14.4. The predicted molar refractivity (Wildman–Crippen MR) is 47.9 cm³/mol. The van der Waals surface area contributed by atoms with Crippen molar-refractivity contribution in [1.82, 2.24) is 0 Å². The first-order valence-corrected chi connectivity index (χ1v) is 4.17. The Morgan fingerprint density at radius 2 is 2.27 bits per heavy atom. The van der Waals surface area contributed by atoms with Gasteiger partial charge >= 0.3 is 0 Å². The average molecular weight is 169 g/mol. The van der Waals surface area contributed by atoms with Crippen molar-refractivity contribution >= 4 is 20.2 Å². The number of fused-ring (bicyclic) bond motifs is 1. The molecular weight excluding hydrogens is 160 g/mol. The van der Waals surface area contributed by atoms with Gasteiger partial charge in [0.1, 0.15) is 5.82 Å². The lowest BCUT2D eigenvalue weighted by Gasteiger charge is -2.02. The molecule has 0 saturated heterocycles. The number of nitrogens with one attached hydrogen (secondary N) is 1. The molecule has 1 heterocycles. The molecule has 1 aliphatic heterocycles. The molecule has 0 aromatic heterocycles. The van der Waals surface area contributed by atoms with Gasteiger partial charge in [-0.2, -0.15) is 0 Å². The SMILES string of the molecule is Fc1cc(P)c2c(c1)NCC2. The van der Waals surface area contributed by atoms with Gasteiger partial charge in [0.05, 0.1) is 0 Å². The molecule has 58 valence electrons. The Kier molecular flexibility index (Phi) is 1.57. The maximum Gasteiger partial charge on any atom is 0.125 e. The molecule has 1 aromatic rings. The van der Waals surface area contributed by atoms with Gasteiger partial charge in [-0.1, -0.05) is 0 Å². The minimum atomic E-state index is -0.164. The molecule has 0 bridgehead atoms. The number of rotatable bonds is 0. The highest BCUT2D eigenvalue weighted by Gasteiger charge is 2.12. The van der Waals surface area contributed by atoms with E-state index in [2.05, 4.69) is 14.6 Å². The second kappa shape index (κ2) is 2.46. The van der Waals surface area contributed by atoms with Gasteiger partial charge in [-0.25, -0.2) is 4.39 Å². The maximum atomic E-state index is 12.8. The summed E-state index contributed by atoms with van der Waals surface area (Å²) in [6.07, 6.45) is 1.01. The Balaban J connectivity index is 2.60. The predicted octanol–water partition coefficient (Wildman–Crippen LogP) is 1.29. The lowest BCUT2D eigenvalue weighted by Crippen LogP contribution is -1.99. The molecule has 1 aromatic carbocycles. The van der Waals surface area contributed by atoms with Crippen LogP contribution >= 0.6 is 9.24 Å². The summed E-state index contributed by atoms with van der Waals surface area (Å²) >= 11 is 0. The number of benzene rings is 1. The van der Waals surface area contributed by atoms with Crippen molar-refractivity contribution in [1.29, 1.82) is 0 Å². The molecule has 0 fully saturated rings. The van der Waals surface area contributed by atoms with Crippen molar-refractivity contribution in [2.24, 2.45) is 0 Å². The van der Waals surface area contributed by atoms with E-state index in [0.717, 1.165) is 24.0 Å². The zero-order chi connectivity index (χ0) is 7.84. The van der Waals surface area contributed by atoms with Crippen LogP contribution in [0.3, 0.4) is 0 Å². The Hall–Kier alpha value is -0.620. The Morgan fingerprint density at radius 3 is 3.09 bits per heavy atom. The van der Waals surface area contributed by atoms with E-state index in [0.29, 0.717) is 0 Å². The third-order valence-corrected chi connectivity index (χ3v) is 2.45. The van der Waals surface area contributed by atoms with Crippen LogP contribution in [0.25, 0.3) is 0 Å². The number of anilines is 1. The summed E-state index contributed by atoms with van der Waals surface area (Å²) in [7, 11) is 2.56. The van der Waals surface area contributed by atoms with Crippen LogP contribution in [0.4, 0.5) is 10.1 Å². The lowest BCUT2D eigenvalue weighted by atomic mass is 10.1. The maximum absolute atomic E-state index is 12.8. The third kappa shape index (κ3) is 1.12. The fourth-order valence-corrected chi connectivity index (χ4v) is 1.88. The third-order valence-electron chi connectivity index (χ3n) is 1.94. The quantitative estimate of drug-likeness (QED) is 0.577. The summed E-state index contributed by atoms with van der Waals surface area (Å²) in [6.45, 7) is 0.931. The first-order valence-electron chi connectivity index (χ1n) is 3.59. The molecule has 11 heavy (non-hydrogen) atoms. The van der Waals surface area contributed by atoms with E-state index >= 15 is 0 Å². The van der Waals surface area contributed by atoms with E-state index in [9.17, 15) is 4.39 Å². The highest BCUT2D eigenvalue weighted by molar-refractivity contribution is 7.27. The summed E-state index contributed by atoms with van der Waals surface area (Å²) in [6, 6.07) is 3.10. The Labute approximate surface area is 67.2 Å². The molecule has 2 rings (SSSR count). The largest absolute Gasteiger partial charge is 0.384 e. The molecule has 1 atom stereocenters. The molecular formula is C8H9FNP.